The summed E-state index contributed by atoms with van der Waals surface area (Å²) in [6.45, 7) is 2.24. The van der Waals surface area contributed by atoms with Crippen LogP contribution in [0.1, 0.15) is 25.7 Å². The number of fused-ring (bicyclic) bond motifs is 2. The van der Waals surface area contributed by atoms with E-state index in [4.69, 9.17) is 4.74 Å². The summed E-state index contributed by atoms with van der Waals surface area (Å²) in [5, 5.41) is 3.41. The highest BCUT2D eigenvalue weighted by atomic mass is 16.5. The Morgan fingerprint density at radius 2 is 2.21 bits per heavy atom. The minimum atomic E-state index is 0.487. The van der Waals surface area contributed by atoms with Crippen LogP contribution in [0.5, 0.6) is 0 Å². The van der Waals surface area contributed by atoms with Gasteiger partial charge in [-0.1, -0.05) is 12.2 Å². The topological polar surface area (TPSA) is 21.3 Å². The molecule has 4 unspecified atom stereocenters. The zero-order valence-corrected chi connectivity index (χ0v) is 8.61. The smallest absolute Gasteiger partial charge is 0.0704 e. The van der Waals surface area contributed by atoms with Crippen LogP contribution in [0, 0.1) is 11.8 Å². The molecule has 78 valence electrons. The second-order valence-corrected chi connectivity index (χ2v) is 4.92. The molecule has 2 heteroatoms. The average molecular weight is 193 g/mol. The van der Waals surface area contributed by atoms with Gasteiger partial charge in [-0.05, 0) is 38.1 Å². The van der Waals surface area contributed by atoms with Crippen molar-refractivity contribution in [3.8, 4) is 0 Å². The van der Waals surface area contributed by atoms with E-state index in [0.717, 1.165) is 18.4 Å². The standard InChI is InChI=1S/C12H19NO/c1-2-11(8-13-5-1)14-12-7-9-3-4-10(12)6-9/h3-4,9-13H,1-2,5-8H2. The van der Waals surface area contributed by atoms with E-state index < -0.39 is 0 Å². The largest absolute Gasteiger partial charge is 0.373 e. The van der Waals surface area contributed by atoms with Crippen molar-refractivity contribution in [3.63, 3.8) is 0 Å². The van der Waals surface area contributed by atoms with Gasteiger partial charge in [0.1, 0.15) is 0 Å². The van der Waals surface area contributed by atoms with Crippen LogP contribution < -0.4 is 5.32 Å². The highest BCUT2D eigenvalue weighted by Crippen LogP contribution is 2.41. The van der Waals surface area contributed by atoms with Crippen LogP contribution in [-0.2, 0) is 4.74 Å². The van der Waals surface area contributed by atoms with E-state index in [-0.39, 0.29) is 0 Å². The Morgan fingerprint density at radius 1 is 1.21 bits per heavy atom. The first-order valence-corrected chi connectivity index (χ1v) is 5.96. The molecule has 0 aromatic carbocycles. The molecule has 0 aromatic rings. The lowest BCUT2D eigenvalue weighted by atomic mass is 10.0. The second kappa shape index (κ2) is 3.67. The molecule has 2 nitrogen and oxygen atoms in total. The Labute approximate surface area is 85.7 Å². The lowest BCUT2D eigenvalue weighted by Gasteiger charge is -2.29. The van der Waals surface area contributed by atoms with Crippen molar-refractivity contribution in [1.82, 2.24) is 5.32 Å². The first-order chi connectivity index (χ1) is 6.92. The van der Waals surface area contributed by atoms with E-state index in [0.29, 0.717) is 12.2 Å². The van der Waals surface area contributed by atoms with Gasteiger partial charge in [0, 0.05) is 12.5 Å². The number of hydrogen-bond donors (Lipinski definition) is 1. The van der Waals surface area contributed by atoms with Gasteiger partial charge in [0.05, 0.1) is 12.2 Å². The lowest BCUT2D eigenvalue weighted by molar-refractivity contribution is -0.0342. The number of nitrogens with one attached hydrogen (secondary N) is 1. The van der Waals surface area contributed by atoms with E-state index in [1.165, 1.54) is 32.2 Å². The molecule has 0 amide bonds. The summed E-state index contributed by atoms with van der Waals surface area (Å²) in [7, 11) is 0. The monoisotopic (exact) mass is 193 g/mol. The van der Waals surface area contributed by atoms with E-state index in [9.17, 15) is 0 Å². The Kier molecular flexibility index (Phi) is 2.34. The molecular weight excluding hydrogens is 174 g/mol. The number of rotatable bonds is 2. The summed E-state index contributed by atoms with van der Waals surface area (Å²) in [6.07, 6.45) is 10.9. The summed E-state index contributed by atoms with van der Waals surface area (Å²) in [6, 6.07) is 0. The van der Waals surface area contributed by atoms with Gasteiger partial charge in [0.2, 0.25) is 0 Å². The lowest BCUT2D eigenvalue weighted by Crippen LogP contribution is -2.38. The Hall–Kier alpha value is -0.340. The average Bonchev–Trinajstić information content (AvgIpc) is 2.81. The molecule has 1 saturated carbocycles. The van der Waals surface area contributed by atoms with Gasteiger partial charge in [-0.2, -0.15) is 0 Å². The minimum Gasteiger partial charge on any atom is -0.373 e. The van der Waals surface area contributed by atoms with Gasteiger partial charge in [-0.15, -0.1) is 0 Å². The van der Waals surface area contributed by atoms with E-state index in [1.54, 1.807) is 0 Å². The Balaban J connectivity index is 1.54. The fourth-order valence-corrected chi connectivity index (χ4v) is 3.07. The minimum absolute atomic E-state index is 0.487. The molecule has 2 bridgehead atoms. The predicted molar refractivity (Wildman–Crippen MR) is 56.1 cm³/mol. The van der Waals surface area contributed by atoms with Crippen molar-refractivity contribution >= 4 is 0 Å². The first-order valence-electron chi connectivity index (χ1n) is 5.96. The Bertz CT molecular complexity index is 232. The van der Waals surface area contributed by atoms with Crippen LogP contribution in [0.15, 0.2) is 12.2 Å². The molecular formula is C12H19NO. The summed E-state index contributed by atoms with van der Waals surface area (Å²) in [5.41, 5.74) is 0. The van der Waals surface area contributed by atoms with Crippen LogP contribution in [0.4, 0.5) is 0 Å². The van der Waals surface area contributed by atoms with Crippen LogP contribution in [0.3, 0.4) is 0 Å². The molecule has 0 aromatic heterocycles. The molecule has 2 fully saturated rings. The molecule has 1 heterocycles. The predicted octanol–water partition coefficient (Wildman–Crippen LogP) is 1.72. The Morgan fingerprint density at radius 3 is 2.86 bits per heavy atom. The molecule has 0 spiro atoms. The van der Waals surface area contributed by atoms with Crippen molar-refractivity contribution in [2.75, 3.05) is 13.1 Å². The fourth-order valence-electron chi connectivity index (χ4n) is 3.07. The molecule has 1 saturated heterocycles. The van der Waals surface area contributed by atoms with E-state index >= 15 is 0 Å². The molecule has 2 aliphatic carbocycles. The van der Waals surface area contributed by atoms with Crippen molar-refractivity contribution in [3.05, 3.63) is 12.2 Å². The van der Waals surface area contributed by atoms with Crippen molar-refractivity contribution < 1.29 is 4.74 Å². The van der Waals surface area contributed by atoms with Gasteiger partial charge >= 0.3 is 0 Å². The third-order valence-electron chi connectivity index (χ3n) is 3.84. The summed E-state index contributed by atoms with van der Waals surface area (Å²) in [4.78, 5) is 0. The molecule has 0 radical (unpaired) electrons. The normalized spacial score (nSPS) is 46.0. The van der Waals surface area contributed by atoms with Gasteiger partial charge in [-0.3, -0.25) is 0 Å². The molecule has 4 atom stereocenters. The van der Waals surface area contributed by atoms with Crippen LogP contribution in [0.2, 0.25) is 0 Å². The van der Waals surface area contributed by atoms with Gasteiger partial charge < -0.3 is 10.1 Å². The zero-order chi connectivity index (χ0) is 9.38. The maximum absolute atomic E-state index is 6.17. The quantitative estimate of drug-likeness (QED) is 0.674. The van der Waals surface area contributed by atoms with Crippen LogP contribution in [0.25, 0.3) is 0 Å². The van der Waals surface area contributed by atoms with E-state index in [2.05, 4.69) is 17.5 Å². The second-order valence-electron chi connectivity index (χ2n) is 4.92. The number of piperidine rings is 1. The first kappa shape index (κ1) is 8.93. The van der Waals surface area contributed by atoms with Crippen molar-refractivity contribution in [1.29, 1.82) is 0 Å². The van der Waals surface area contributed by atoms with Crippen molar-refractivity contribution in [2.45, 2.75) is 37.9 Å². The zero-order valence-electron chi connectivity index (χ0n) is 8.61. The fraction of sp³-hybridized carbons (Fsp3) is 0.833. The maximum atomic E-state index is 6.17. The third-order valence-corrected chi connectivity index (χ3v) is 3.84. The molecule has 14 heavy (non-hydrogen) atoms. The van der Waals surface area contributed by atoms with Crippen molar-refractivity contribution in [2.24, 2.45) is 11.8 Å². The highest BCUT2D eigenvalue weighted by molar-refractivity contribution is 5.11. The molecule has 3 aliphatic rings. The van der Waals surface area contributed by atoms with E-state index in [1.807, 2.05) is 0 Å². The summed E-state index contributed by atoms with van der Waals surface area (Å²) in [5.74, 6) is 1.57. The SMILES string of the molecule is C1=CC2CC1CC2OC1CCCNC1. The number of hydrogen-bond acceptors (Lipinski definition) is 2. The third kappa shape index (κ3) is 1.61. The molecule has 1 N–H and O–H groups in total. The van der Waals surface area contributed by atoms with Gasteiger partial charge in [0.15, 0.2) is 0 Å². The van der Waals surface area contributed by atoms with Gasteiger partial charge in [0.25, 0.3) is 0 Å². The summed E-state index contributed by atoms with van der Waals surface area (Å²) < 4.78 is 6.17. The maximum Gasteiger partial charge on any atom is 0.0704 e. The number of ether oxygens (including phenoxy) is 1. The number of allylic oxidation sites excluding steroid dienone is 1. The van der Waals surface area contributed by atoms with Crippen LogP contribution in [-0.4, -0.2) is 25.3 Å². The molecule has 1 aliphatic heterocycles. The summed E-state index contributed by atoms with van der Waals surface area (Å²) >= 11 is 0. The van der Waals surface area contributed by atoms with Gasteiger partial charge in [-0.25, -0.2) is 0 Å². The van der Waals surface area contributed by atoms with Crippen LogP contribution >= 0.6 is 0 Å². The highest BCUT2D eigenvalue weighted by Gasteiger charge is 2.37. The molecule has 3 rings (SSSR count).